The van der Waals surface area contributed by atoms with Crippen molar-refractivity contribution in [2.24, 2.45) is 28.5 Å². The van der Waals surface area contributed by atoms with Gasteiger partial charge in [-0.3, -0.25) is 0 Å². The fraction of sp³-hybridized carbons (Fsp3) is 0.731. The van der Waals surface area contributed by atoms with E-state index >= 15 is 0 Å². The summed E-state index contributed by atoms with van der Waals surface area (Å²) in [5, 5.41) is 12.6. The molecule has 39 heavy (non-hydrogen) atoms. The minimum absolute atomic E-state index is 0.0125. The molecule has 214 valence electrons. The van der Waals surface area contributed by atoms with Gasteiger partial charge in [0.1, 0.15) is 5.52 Å². The van der Waals surface area contributed by atoms with Crippen molar-refractivity contribution in [3.8, 4) is 0 Å². The van der Waals surface area contributed by atoms with Crippen LogP contribution in [0.1, 0.15) is 65.1 Å². The molecule has 1 saturated heterocycles. The standard InChI is InChI=1S/C26H38F2N8O3/c1-14-7-8-17(11-26(14,27)28)12-36-19-21(30-16(3)18-5-4-6-18)32-23(20(29)31-25(37)38)33-22(19)34-24(36)35-9-10-39-13-15(35)2/h14-18H,4-13H2,1-3H3,(H2,29,31)(H,37,38)(H,30,32,33)/t14?,15-,16-,17?/m1/s1. The number of carboxylic acid groups (broad SMARTS) is 1. The maximum absolute atomic E-state index is 14.8. The topological polar surface area (TPSA) is 144 Å². The zero-order valence-electron chi connectivity index (χ0n) is 22.7. The van der Waals surface area contributed by atoms with Crippen molar-refractivity contribution in [2.45, 2.75) is 83.8 Å². The van der Waals surface area contributed by atoms with Crippen molar-refractivity contribution in [3.05, 3.63) is 5.82 Å². The SMILES string of the molecule is CC1CCC(Cn2c(N3CCOC[C@H]3C)nc3nc(/C(N)=N/C(=O)O)nc(N[C@H](C)C4CCC4)c32)CC1(F)F. The van der Waals surface area contributed by atoms with E-state index in [0.29, 0.717) is 68.0 Å². The summed E-state index contributed by atoms with van der Waals surface area (Å²) < 4.78 is 37.2. The average molecular weight is 549 g/mol. The number of aliphatic imine (C=N–C) groups is 1. The molecule has 3 heterocycles. The number of imidazole rings is 1. The number of amidine groups is 1. The lowest BCUT2D eigenvalue weighted by atomic mass is 9.80. The van der Waals surface area contributed by atoms with Gasteiger partial charge in [0.05, 0.1) is 19.3 Å². The number of halogens is 2. The van der Waals surface area contributed by atoms with Gasteiger partial charge in [-0.1, -0.05) is 13.3 Å². The summed E-state index contributed by atoms with van der Waals surface area (Å²) in [6, 6.07) is 0.0924. The molecule has 0 spiro atoms. The molecule has 0 radical (unpaired) electrons. The van der Waals surface area contributed by atoms with Crippen LogP contribution in [0.4, 0.5) is 25.3 Å². The molecule has 3 fully saturated rings. The van der Waals surface area contributed by atoms with Crippen molar-refractivity contribution < 1.29 is 23.4 Å². The molecule has 5 rings (SSSR count). The van der Waals surface area contributed by atoms with E-state index in [2.05, 4.69) is 32.1 Å². The number of fused-ring (bicyclic) bond motifs is 1. The molecule has 2 aromatic heterocycles. The van der Waals surface area contributed by atoms with Crippen molar-refractivity contribution in [2.75, 3.05) is 30.0 Å². The molecule has 2 unspecified atom stereocenters. The lowest BCUT2D eigenvalue weighted by Crippen LogP contribution is -2.45. The van der Waals surface area contributed by atoms with Crippen LogP contribution in [0.5, 0.6) is 0 Å². The van der Waals surface area contributed by atoms with E-state index in [-0.39, 0.29) is 36.1 Å². The summed E-state index contributed by atoms with van der Waals surface area (Å²) in [5.74, 6) is -2.46. The first-order valence-electron chi connectivity index (χ1n) is 13.9. The van der Waals surface area contributed by atoms with Gasteiger partial charge < -0.3 is 30.4 Å². The maximum atomic E-state index is 14.8. The van der Waals surface area contributed by atoms with E-state index in [0.717, 1.165) is 12.8 Å². The second kappa shape index (κ2) is 10.8. The molecule has 0 bridgehead atoms. The third kappa shape index (κ3) is 5.64. The Morgan fingerprint density at radius 2 is 2.03 bits per heavy atom. The number of nitrogens with two attached hydrogens (primary N) is 1. The zero-order chi connectivity index (χ0) is 27.9. The van der Waals surface area contributed by atoms with Crippen LogP contribution in [-0.4, -0.2) is 74.3 Å². The predicted molar refractivity (Wildman–Crippen MR) is 144 cm³/mol. The molecular weight excluding hydrogens is 510 g/mol. The quantitative estimate of drug-likeness (QED) is 0.344. The van der Waals surface area contributed by atoms with E-state index in [1.807, 2.05) is 11.5 Å². The molecule has 4 N–H and O–H groups in total. The third-order valence-electron chi connectivity index (χ3n) is 8.60. The van der Waals surface area contributed by atoms with Crippen LogP contribution in [-0.2, 0) is 11.3 Å². The molecule has 13 heteroatoms. The third-order valence-corrected chi connectivity index (χ3v) is 8.60. The molecule has 2 aromatic rings. The molecule has 2 aliphatic carbocycles. The highest BCUT2D eigenvalue weighted by molar-refractivity contribution is 6.01. The summed E-state index contributed by atoms with van der Waals surface area (Å²) >= 11 is 0. The highest BCUT2D eigenvalue weighted by atomic mass is 19.3. The second-order valence-corrected chi connectivity index (χ2v) is 11.4. The van der Waals surface area contributed by atoms with Gasteiger partial charge in [0, 0.05) is 31.5 Å². The molecule has 11 nitrogen and oxygen atoms in total. The van der Waals surface area contributed by atoms with Gasteiger partial charge in [0.2, 0.25) is 5.95 Å². The number of morpholine rings is 1. The average Bonchev–Trinajstić information content (AvgIpc) is 3.18. The number of alkyl halides is 2. The van der Waals surface area contributed by atoms with Crippen LogP contribution in [0.25, 0.3) is 11.2 Å². The van der Waals surface area contributed by atoms with Gasteiger partial charge in [-0.25, -0.2) is 23.5 Å². The summed E-state index contributed by atoms with van der Waals surface area (Å²) in [4.78, 5) is 30.7. The maximum Gasteiger partial charge on any atom is 0.433 e. The van der Waals surface area contributed by atoms with E-state index in [1.54, 1.807) is 6.92 Å². The van der Waals surface area contributed by atoms with Crippen molar-refractivity contribution in [1.82, 2.24) is 19.5 Å². The number of aromatic nitrogens is 4. The van der Waals surface area contributed by atoms with Crippen LogP contribution in [0, 0.1) is 17.8 Å². The van der Waals surface area contributed by atoms with Gasteiger partial charge in [-0.2, -0.15) is 9.98 Å². The van der Waals surface area contributed by atoms with Crippen LogP contribution in [0.15, 0.2) is 4.99 Å². The van der Waals surface area contributed by atoms with E-state index < -0.39 is 17.9 Å². The highest BCUT2D eigenvalue weighted by Gasteiger charge is 2.43. The number of carbonyl (C=O) groups is 1. The van der Waals surface area contributed by atoms with E-state index in [9.17, 15) is 13.6 Å². The summed E-state index contributed by atoms with van der Waals surface area (Å²) in [6.45, 7) is 7.70. The first-order valence-corrected chi connectivity index (χ1v) is 13.9. The Bertz CT molecular complexity index is 1250. The van der Waals surface area contributed by atoms with Crippen molar-refractivity contribution in [3.63, 3.8) is 0 Å². The lowest BCUT2D eigenvalue weighted by molar-refractivity contribution is -0.0970. The van der Waals surface area contributed by atoms with E-state index in [1.165, 1.54) is 6.42 Å². The second-order valence-electron chi connectivity index (χ2n) is 11.4. The first-order chi connectivity index (χ1) is 18.5. The van der Waals surface area contributed by atoms with Crippen LogP contribution < -0.4 is 16.0 Å². The van der Waals surface area contributed by atoms with Crippen LogP contribution >= 0.6 is 0 Å². The Morgan fingerprint density at radius 3 is 2.67 bits per heavy atom. The molecule has 4 atom stereocenters. The normalized spacial score (nSPS) is 26.8. The number of rotatable bonds is 7. The Balaban J connectivity index is 1.64. The largest absolute Gasteiger partial charge is 0.463 e. The number of hydrogen-bond acceptors (Lipinski definition) is 7. The number of hydrogen-bond donors (Lipinski definition) is 3. The minimum Gasteiger partial charge on any atom is -0.463 e. The number of nitrogens with zero attached hydrogens (tertiary/aromatic N) is 6. The fourth-order valence-corrected chi connectivity index (χ4v) is 5.88. The van der Waals surface area contributed by atoms with Crippen LogP contribution in [0.2, 0.25) is 0 Å². The monoisotopic (exact) mass is 548 g/mol. The van der Waals surface area contributed by atoms with Gasteiger partial charge >= 0.3 is 6.09 Å². The smallest absolute Gasteiger partial charge is 0.433 e. The number of nitrogens with one attached hydrogen (secondary N) is 1. The first kappa shape index (κ1) is 27.5. The van der Waals surface area contributed by atoms with Gasteiger partial charge in [-0.05, 0) is 51.4 Å². The lowest BCUT2D eigenvalue weighted by Gasteiger charge is -2.37. The Kier molecular flexibility index (Phi) is 7.62. The summed E-state index contributed by atoms with van der Waals surface area (Å²) in [6.07, 6.45) is 2.88. The van der Waals surface area contributed by atoms with Crippen molar-refractivity contribution in [1.29, 1.82) is 0 Å². The van der Waals surface area contributed by atoms with Gasteiger partial charge in [0.15, 0.2) is 23.1 Å². The van der Waals surface area contributed by atoms with Gasteiger partial charge in [0.25, 0.3) is 5.92 Å². The van der Waals surface area contributed by atoms with E-state index in [4.69, 9.17) is 20.6 Å². The summed E-state index contributed by atoms with van der Waals surface area (Å²) in [7, 11) is 0. The fourth-order valence-electron chi connectivity index (χ4n) is 5.88. The Hall–Kier alpha value is -3.09. The minimum atomic E-state index is -2.73. The molecule has 1 aliphatic heterocycles. The Labute approximate surface area is 226 Å². The molecule has 3 aliphatic rings. The summed E-state index contributed by atoms with van der Waals surface area (Å²) in [5.41, 5.74) is 6.87. The molecule has 1 amide bonds. The van der Waals surface area contributed by atoms with Gasteiger partial charge in [-0.15, -0.1) is 0 Å². The number of ether oxygens (including phenoxy) is 1. The zero-order valence-corrected chi connectivity index (χ0v) is 22.7. The molecule has 0 aromatic carbocycles. The highest BCUT2D eigenvalue weighted by Crippen LogP contribution is 2.43. The predicted octanol–water partition coefficient (Wildman–Crippen LogP) is 4.11. The number of amides is 1. The number of anilines is 2. The van der Waals surface area contributed by atoms with Crippen molar-refractivity contribution >= 4 is 34.9 Å². The molecular formula is C26H38F2N8O3. The molecule has 2 saturated carbocycles. The van der Waals surface area contributed by atoms with Crippen LogP contribution in [0.3, 0.4) is 0 Å². The Morgan fingerprint density at radius 1 is 1.26 bits per heavy atom.